The first-order chi connectivity index (χ1) is 8.47. The second kappa shape index (κ2) is 7.60. The van der Waals surface area contributed by atoms with Crippen molar-refractivity contribution in [2.45, 2.75) is 38.1 Å². The highest BCUT2D eigenvalue weighted by Crippen LogP contribution is 2.38. The van der Waals surface area contributed by atoms with Crippen molar-refractivity contribution in [3.63, 3.8) is 0 Å². The van der Waals surface area contributed by atoms with E-state index in [2.05, 4.69) is 12.2 Å². The van der Waals surface area contributed by atoms with Crippen molar-refractivity contribution in [1.29, 1.82) is 0 Å². The number of ether oxygens (including phenoxy) is 1. The fourth-order valence-corrected chi connectivity index (χ4v) is 3.00. The van der Waals surface area contributed by atoms with Crippen molar-refractivity contribution in [3.8, 4) is 0 Å². The first kappa shape index (κ1) is 16.1. The van der Waals surface area contributed by atoms with Gasteiger partial charge in [-0.05, 0) is 37.6 Å². The smallest absolute Gasteiger partial charge is 0.381 e. The van der Waals surface area contributed by atoms with Gasteiger partial charge in [-0.1, -0.05) is 18.7 Å². The normalized spacial score (nSPS) is 20.0. The Balaban J connectivity index is 2.39. The van der Waals surface area contributed by atoms with Gasteiger partial charge in [0.05, 0.1) is 0 Å². The van der Waals surface area contributed by atoms with Crippen molar-refractivity contribution in [3.05, 3.63) is 0 Å². The van der Waals surface area contributed by atoms with E-state index >= 15 is 0 Å². The van der Waals surface area contributed by atoms with Crippen LogP contribution in [0.2, 0.25) is 0 Å². The molecule has 1 N–H and O–H groups in total. The van der Waals surface area contributed by atoms with E-state index in [1.165, 1.54) is 0 Å². The van der Waals surface area contributed by atoms with Gasteiger partial charge < -0.3 is 10.1 Å². The lowest BCUT2D eigenvalue weighted by Crippen LogP contribution is -2.40. The Labute approximate surface area is 111 Å². The Hall–Kier alpha value is 0.0600. The lowest BCUT2D eigenvalue weighted by molar-refractivity contribution is -0.0332. The zero-order valence-corrected chi connectivity index (χ0v) is 11.6. The first-order valence-electron chi connectivity index (χ1n) is 6.47. The second-order valence-corrected chi connectivity index (χ2v) is 5.99. The molecule has 1 fully saturated rings. The van der Waals surface area contributed by atoms with E-state index < -0.39 is 5.51 Å². The number of hydrogen-bond donors (Lipinski definition) is 1. The molecule has 2 nitrogen and oxygen atoms in total. The molecule has 1 aliphatic rings. The Bertz CT molecular complexity index is 230. The van der Waals surface area contributed by atoms with Gasteiger partial charge in [-0.25, -0.2) is 0 Å². The molecule has 6 heteroatoms. The summed E-state index contributed by atoms with van der Waals surface area (Å²) in [6.07, 6.45) is 3.38. The molecule has 1 rings (SSSR count). The Morgan fingerprint density at radius 2 is 1.94 bits per heavy atom. The van der Waals surface area contributed by atoms with Gasteiger partial charge in [-0.3, -0.25) is 0 Å². The van der Waals surface area contributed by atoms with Crippen LogP contribution < -0.4 is 5.32 Å². The zero-order chi connectivity index (χ0) is 13.5. The molecular formula is C12H22F3NOS. The van der Waals surface area contributed by atoms with E-state index in [1.807, 2.05) is 0 Å². The number of rotatable bonds is 7. The highest BCUT2D eigenvalue weighted by molar-refractivity contribution is 8.00. The fraction of sp³-hybridized carbons (Fsp3) is 1.00. The summed E-state index contributed by atoms with van der Waals surface area (Å²) in [6.45, 7) is 5.16. The summed E-state index contributed by atoms with van der Waals surface area (Å²) in [5.41, 5.74) is -4.12. The van der Waals surface area contributed by atoms with E-state index in [9.17, 15) is 13.2 Å². The summed E-state index contributed by atoms with van der Waals surface area (Å²) in [6, 6.07) is 0. The van der Waals surface area contributed by atoms with Crippen LogP contribution in [0.1, 0.15) is 32.6 Å². The minimum absolute atomic E-state index is 0.00826. The highest BCUT2D eigenvalue weighted by Gasteiger charge is 2.34. The van der Waals surface area contributed by atoms with Gasteiger partial charge in [0.1, 0.15) is 0 Å². The van der Waals surface area contributed by atoms with E-state index in [0.717, 1.165) is 32.4 Å². The van der Waals surface area contributed by atoms with E-state index in [1.54, 1.807) is 0 Å². The molecule has 1 aliphatic heterocycles. The molecule has 0 bridgehead atoms. The van der Waals surface area contributed by atoms with Crippen LogP contribution in [0.3, 0.4) is 0 Å². The lowest BCUT2D eigenvalue weighted by atomic mass is 9.78. The van der Waals surface area contributed by atoms with Crippen molar-refractivity contribution in [2.24, 2.45) is 5.41 Å². The number of halogens is 3. The van der Waals surface area contributed by atoms with Crippen LogP contribution in [0.5, 0.6) is 0 Å². The zero-order valence-electron chi connectivity index (χ0n) is 10.8. The number of nitrogens with one attached hydrogen (secondary N) is 1. The summed E-state index contributed by atoms with van der Waals surface area (Å²) >= 11 is 0.0964. The van der Waals surface area contributed by atoms with Gasteiger partial charge >= 0.3 is 5.51 Å². The summed E-state index contributed by atoms with van der Waals surface area (Å²) in [4.78, 5) is 0. The average Bonchev–Trinajstić information content (AvgIpc) is 2.29. The molecule has 18 heavy (non-hydrogen) atoms. The predicted octanol–water partition coefficient (Wildman–Crippen LogP) is 3.43. The number of thioether (sulfide) groups is 1. The van der Waals surface area contributed by atoms with Gasteiger partial charge in [0.25, 0.3) is 0 Å². The van der Waals surface area contributed by atoms with Gasteiger partial charge in [-0.15, -0.1) is 0 Å². The van der Waals surface area contributed by atoms with Crippen LogP contribution in [-0.2, 0) is 4.74 Å². The minimum atomic E-state index is -4.11. The van der Waals surface area contributed by atoms with E-state index in [4.69, 9.17) is 4.74 Å². The van der Waals surface area contributed by atoms with Crippen molar-refractivity contribution >= 4 is 11.8 Å². The van der Waals surface area contributed by atoms with Gasteiger partial charge in [-0.2, -0.15) is 13.2 Å². The fourth-order valence-electron chi connectivity index (χ4n) is 2.23. The molecule has 1 heterocycles. The van der Waals surface area contributed by atoms with Crippen LogP contribution in [-0.4, -0.2) is 37.6 Å². The maximum atomic E-state index is 12.2. The third kappa shape index (κ3) is 6.29. The monoisotopic (exact) mass is 285 g/mol. The topological polar surface area (TPSA) is 21.3 Å². The van der Waals surface area contributed by atoms with Crippen LogP contribution >= 0.6 is 11.8 Å². The van der Waals surface area contributed by atoms with Crippen molar-refractivity contribution < 1.29 is 17.9 Å². The maximum Gasteiger partial charge on any atom is 0.441 e. The molecule has 108 valence electrons. The standard InChI is InChI=1S/C12H22F3NOS/c1-2-6-16-10-11(3-7-17-8-4-11)5-9-18-12(13,14)15/h16H,2-10H2,1H3. The Morgan fingerprint density at radius 3 is 2.50 bits per heavy atom. The molecular weight excluding hydrogens is 263 g/mol. The maximum absolute atomic E-state index is 12.2. The first-order valence-corrected chi connectivity index (χ1v) is 7.45. The summed E-state index contributed by atoms with van der Waals surface area (Å²) in [5.74, 6) is 0.150. The van der Waals surface area contributed by atoms with E-state index in [-0.39, 0.29) is 22.9 Å². The molecule has 0 atom stereocenters. The molecule has 0 aliphatic carbocycles. The molecule has 0 spiro atoms. The summed E-state index contributed by atoms with van der Waals surface area (Å²) in [7, 11) is 0. The van der Waals surface area contributed by atoms with Crippen LogP contribution in [0.25, 0.3) is 0 Å². The van der Waals surface area contributed by atoms with Gasteiger partial charge in [0, 0.05) is 25.5 Å². The molecule has 0 saturated carbocycles. The predicted molar refractivity (Wildman–Crippen MR) is 68.8 cm³/mol. The number of alkyl halides is 3. The lowest BCUT2D eigenvalue weighted by Gasteiger charge is -2.37. The molecule has 0 radical (unpaired) electrons. The van der Waals surface area contributed by atoms with E-state index in [0.29, 0.717) is 19.6 Å². The average molecular weight is 285 g/mol. The van der Waals surface area contributed by atoms with Gasteiger partial charge in [0.2, 0.25) is 0 Å². The van der Waals surface area contributed by atoms with Gasteiger partial charge in [0.15, 0.2) is 0 Å². The number of hydrogen-bond acceptors (Lipinski definition) is 3. The third-order valence-electron chi connectivity index (χ3n) is 3.38. The summed E-state index contributed by atoms with van der Waals surface area (Å²) < 4.78 is 41.8. The third-order valence-corrected chi connectivity index (χ3v) is 4.11. The van der Waals surface area contributed by atoms with Crippen molar-refractivity contribution in [1.82, 2.24) is 5.32 Å². The molecule has 0 amide bonds. The summed E-state index contributed by atoms with van der Waals surface area (Å²) in [5, 5.41) is 3.35. The molecule has 0 aromatic heterocycles. The molecule has 0 aromatic carbocycles. The molecule has 0 aromatic rings. The second-order valence-electron chi connectivity index (χ2n) is 4.83. The SMILES string of the molecule is CCCNCC1(CCSC(F)(F)F)CCOCC1. The van der Waals surface area contributed by atoms with Crippen LogP contribution in [0.15, 0.2) is 0 Å². The largest absolute Gasteiger partial charge is 0.441 e. The van der Waals surface area contributed by atoms with Crippen molar-refractivity contribution in [2.75, 3.05) is 32.1 Å². The molecule has 0 unspecified atom stereocenters. The highest BCUT2D eigenvalue weighted by atomic mass is 32.2. The van der Waals surface area contributed by atoms with Crippen LogP contribution in [0, 0.1) is 5.41 Å². The molecule has 1 saturated heterocycles. The van der Waals surface area contributed by atoms with Crippen LogP contribution in [0.4, 0.5) is 13.2 Å². The Kier molecular flexibility index (Phi) is 6.81. The quantitative estimate of drug-likeness (QED) is 0.724. The minimum Gasteiger partial charge on any atom is -0.381 e. The Morgan fingerprint density at radius 1 is 1.28 bits per heavy atom.